The van der Waals surface area contributed by atoms with Gasteiger partial charge in [-0.05, 0) is 24.3 Å². The summed E-state index contributed by atoms with van der Waals surface area (Å²) in [7, 11) is -3.17. The lowest BCUT2D eigenvalue weighted by Gasteiger charge is -2.19. The lowest BCUT2D eigenvalue weighted by molar-refractivity contribution is -0.144. The number of hydrogen-bond acceptors (Lipinski definition) is 3. The molecule has 0 atom stereocenters. The van der Waals surface area contributed by atoms with Crippen LogP contribution < -0.4 is 15.9 Å². The summed E-state index contributed by atoms with van der Waals surface area (Å²) in [6.07, 6.45) is 0. The molecule has 5 heteroatoms. The second-order valence-electron chi connectivity index (χ2n) is 3.97. The van der Waals surface area contributed by atoms with E-state index in [1.54, 1.807) is 48.5 Å². The second-order valence-corrected chi connectivity index (χ2v) is 6.40. The molecule has 1 N–H and O–H groups in total. The minimum absolute atomic E-state index is 0.535. The van der Waals surface area contributed by atoms with Crippen LogP contribution in [0, 0.1) is 0 Å². The fraction of sp³-hybridized carbons (Fsp3) is 0.0714. The first-order valence-electron chi connectivity index (χ1n) is 5.79. The van der Waals surface area contributed by atoms with Crippen LogP contribution in [0.15, 0.2) is 60.7 Å². The van der Waals surface area contributed by atoms with E-state index >= 15 is 0 Å². The summed E-state index contributed by atoms with van der Waals surface area (Å²) in [6.45, 7) is 1.26. The Labute approximate surface area is 111 Å². The molecule has 0 unspecified atom stereocenters. The minimum atomic E-state index is -3.17. The summed E-state index contributed by atoms with van der Waals surface area (Å²) in [5, 5.41) is 3.61. The Kier molecular flexibility index (Phi) is 4.15. The molecule has 98 valence electrons. The first-order chi connectivity index (χ1) is 9.13. The normalized spacial score (nSPS) is 11.0. The Balaban J connectivity index is 2.45. The Morgan fingerprint density at radius 2 is 1.37 bits per heavy atom. The molecule has 0 saturated heterocycles. The average Bonchev–Trinajstić information content (AvgIpc) is 2.46. The highest BCUT2D eigenvalue weighted by molar-refractivity contribution is 7.76. The Hall–Kier alpha value is -1.90. The molecule has 2 rings (SSSR count). The summed E-state index contributed by atoms with van der Waals surface area (Å²) in [5.41, 5.74) is 0. The predicted octanol–water partition coefficient (Wildman–Crippen LogP) is 1.98. The third kappa shape index (κ3) is 3.11. The molecule has 0 aliphatic rings. The van der Waals surface area contributed by atoms with Crippen LogP contribution in [-0.4, -0.2) is 5.97 Å². The Bertz CT molecular complexity index is 555. The van der Waals surface area contributed by atoms with Crippen molar-refractivity contribution in [3.05, 3.63) is 60.7 Å². The van der Waals surface area contributed by atoms with E-state index in [1.807, 2.05) is 12.1 Å². The smallest absolute Gasteiger partial charge is 0.322 e. The first-order valence-corrected chi connectivity index (χ1v) is 7.49. The molecule has 0 aromatic heterocycles. The molecule has 0 saturated carbocycles. The van der Waals surface area contributed by atoms with Crippen molar-refractivity contribution in [3.63, 3.8) is 0 Å². The highest BCUT2D eigenvalue weighted by atomic mass is 31.2. The second kappa shape index (κ2) is 5.83. The third-order valence-corrected chi connectivity index (χ3v) is 4.96. The van der Waals surface area contributed by atoms with Gasteiger partial charge >= 0.3 is 5.97 Å². The molecule has 0 heterocycles. The molecule has 4 nitrogen and oxygen atoms in total. The van der Waals surface area contributed by atoms with Gasteiger partial charge in [-0.25, -0.2) is 0 Å². The molecule has 0 amide bonds. The molecule has 0 radical (unpaired) electrons. The van der Waals surface area contributed by atoms with E-state index in [0.29, 0.717) is 10.6 Å². The standard InChI is InChI=1S/C14H14NO3P/c1-12(16)18-15-19(17,13-8-4-2-5-9-13)14-10-6-3-7-11-14/h2-11H,1H3,(H,15,17). The third-order valence-electron chi connectivity index (χ3n) is 2.56. The van der Waals surface area contributed by atoms with E-state index < -0.39 is 13.3 Å². The molecule has 2 aromatic rings. The lowest BCUT2D eigenvalue weighted by atomic mass is 10.4. The van der Waals surface area contributed by atoms with E-state index in [0.717, 1.165) is 0 Å². The molecular weight excluding hydrogens is 261 g/mol. The predicted molar refractivity (Wildman–Crippen MR) is 74.7 cm³/mol. The summed E-state index contributed by atoms with van der Waals surface area (Å²) in [4.78, 5) is 15.7. The first kappa shape index (κ1) is 13.5. The van der Waals surface area contributed by atoms with Crippen molar-refractivity contribution in [2.45, 2.75) is 6.92 Å². The number of hydrogen-bond donors (Lipinski definition) is 1. The van der Waals surface area contributed by atoms with E-state index in [9.17, 15) is 9.36 Å². The lowest BCUT2D eigenvalue weighted by Crippen LogP contribution is -2.29. The Morgan fingerprint density at radius 1 is 0.947 bits per heavy atom. The minimum Gasteiger partial charge on any atom is -0.364 e. The van der Waals surface area contributed by atoms with Gasteiger partial charge in [-0.2, -0.15) is 0 Å². The van der Waals surface area contributed by atoms with E-state index in [4.69, 9.17) is 4.84 Å². The highest BCUT2D eigenvalue weighted by Crippen LogP contribution is 2.38. The fourth-order valence-corrected chi connectivity index (χ4v) is 3.61. The molecule has 0 aliphatic carbocycles. The van der Waals surface area contributed by atoms with Crippen molar-refractivity contribution in [1.29, 1.82) is 0 Å². The van der Waals surface area contributed by atoms with E-state index in [1.165, 1.54) is 6.92 Å². The quantitative estimate of drug-likeness (QED) is 0.685. The van der Waals surface area contributed by atoms with Gasteiger partial charge in [-0.15, -0.1) is 0 Å². The van der Waals surface area contributed by atoms with Crippen LogP contribution in [-0.2, 0) is 14.2 Å². The van der Waals surface area contributed by atoms with Crippen LogP contribution in [0.2, 0.25) is 0 Å². The number of carbonyl (C=O) groups excluding carboxylic acids is 1. The van der Waals surface area contributed by atoms with Gasteiger partial charge in [0, 0.05) is 17.5 Å². The van der Waals surface area contributed by atoms with Gasteiger partial charge < -0.3 is 4.84 Å². The summed E-state index contributed by atoms with van der Waals surface area (Å²) < 4.78 is 13.1. The molecule has 0 bridgehead atoms. The molecule has 0 fully saturated rings. The zero-order valence-electron chi connectivity index (χ0n) is 10.4. The van der Waals surface area contributed by atoms with Crippen LogP contribution in [0.1, 0.15) is 6.92 Å². The van der Waals surface area contributed by atoms with E-state index in [2.05, 4.69) is 5.25 Å². The summed E-state index contributed by atoms with van der Waals surface area (Å²) in [5.74, 6) is -0.535. The molecule has 0 spiro atoms. The van der Waals surface area contributed by atoms with Crippen molar-refractivity contribution in [3.8, 4) is 0 Å². The molecule has 0 aliphatic heterocycles. The van der Waals surface area contributed by atoms with Gasteiger partial charge in [0.05, 0.1) is 0 Å². The van der Waals surface area contributed by atoms with E-state index in [-0.39, 0.29) is 0 Å². The summed E-state index contributed by atoms with van der Waals surface area (Å²) in [6, 6.07) is 17.8. The number of nitrogens with one attached hydrogen (secondary N) is 1. The van der Waals surface area contributed by atoms with Gasteiger partial charge in [0.25, 0.3) is 0 Å². The van der Waals surface area contributed by atoms with Crippen molar-refractivity contribution in [2.24, 2.45) is 0 Å². The number of rotatable bonds is 4. The van der Waals surface area contributed by atoms with Gasteiger partial charge in [0.1, 0.15) is 0 Å². The zero-order chi connectivity index (χ0) is 13.7. The average molecular weight is 275 g/mol. The zero-order valence-corrected chi connectivity index (χ0v) is 11.3. The van der Waals surface area contributed by atoms with Gasteiger partial charge in [0.2, 0.25) is 7.29 Å². The molecular formula is C14H14NO3P. The summed E-state index contributed by atoms with van der Waals surface area (Å²) >= 11 is 0. The number of carbonyl (C=O) groups is 1. The highest BCUT2D eigenvalue weighted by Gasteiger charge is 2.28. The monoisotopic (exact) mass is 275 g/mol. The van der Waals surface area contributed by atoms with Crippen molar-refractivity contribution in [1.82, 2.24) is 5.25 Å². The Morgan fingerprint density at radius 3 is 1.74 bits per heavy atom. The van der Waals surface area contributed by atoms with Gasteiger partial charge in [0.15, 0.2) is 0 Å². The van der Waals surface area contributed by atoms with Crippen molar-refractivity contribution in [2.75, 3.05) is 0 Å². The van der Waals surface area contributed by atoms with Crippen molar-refractivity contribution >= 4 is 23.9 Å². The SMILES string of the molecule is CC(=O)ONP(=O)(c1ccccc1)c1ccccc1. The molecule has 2 aromatic carbocycles. The maximum absolute atomic E-state index is 13.1. The maximum Gasteiger partial charge on any atom is 0.322 e. The molecule has 19 heavy (non-hydrogen) atoms. The maximum atomic E-state index is 13.1. The van der Waals surface area contributed by atoms with Crippen LogP contribution >= 0.6 is 7.29 Å². The van der Waals surface area contributed by atoms with Crippen LogP contribution in [0.3, 0.4) is 0 Å². The largest absolute Gasteiger partial charge is 0.364 e. The van der Waals surface area contributed by atoms with Gasteiger partial charge in [-0.1, -0.05) is 41.6 Å². The van der Waals surface area contributed by atoms with Crippen LogP contribution in [0.4, 0.5) is 0 Å². The number of benzene rings is 2. The fourth-order valence-electron chi connectivity index (χ4n) is 1.66. The van der Waals surface area contributed by atoms with Crippen LogP contribution in [0.5, 0.6) is 0 Å². The topological polar surface area (TPSA) is 55.4 Å². The van der Waals surface area contributed by atoms with Gasteiger partial charge in [-0.3, -0.25) is 9.36 Å². The van der Waals surface area contributed by atoms with Crippen LogP contribution in [0.25, 0.3) is 0 Å². The van der Waals surface area contributed by atoms with Crippen molar-refractivity contribution < 1.29 is 14.2 Å².